The molecule has 0 spiro atoms. The van der Waals surface area contributed by atoms with Crippen molar-refractivity contribution in [2.45, 2.75) is 42.8 Å². The molecule has 2 atom stereocenters. The van der Waals surface area contributed by atoms with Crippen molar-refractivity contribution in [3.05, 3.63) is 89.3 Å². The van der Waals surface area contributed by atoms with Crippen molar-refractivity contribution in [3.8, 4) is 0 Å². The standard InChI is InChI=1S/C25H26F3N3O3S/c1-16-3-4-18(22(27)9-16)5-8-24-33-11-20(12-34-24)35-17(2)25(32,13-31-15-29-14-30-31)21-7-6-19(26)10-23(21)28/h3-10,14-15,17,20,24,32H,11-13H2,1-2H3/b8-5+/t17-,20?,24?,25?/m1/s1. The van der Waals surface area contributed by atoms with Crippen LogP contribution in [0.5, 0.6) is 0 Å². The monoisotopic (exact) mass is 505 g/mol. The molecule has 4 rings (SSSR count). The second-order valence-corrected chi connectivity index (χ2v) is 10.1. The van der Waals surface area contributed by atoms with Crippen LogP contribution >= 0.6 is 11.8 Å². The van der Waals surface area contributed by atoms with E-state index in [1.807, 2.05) is 13.0 Å². The Morgan fingerprint density at radius 3 is 2.60 bits per heavy atom. The maximum Gasteiger partial charge on any atom is 0.177 e. The zero-order valence-electron chi connectivity index (χ0n) is 19.3. The molecule has 2 aromatic carbocycles. The van der Waals surface area contributed by atoms with E-state index < -0.39 is 28.8 Å². The lowest BCUT2D eigenvalue weighted by Crippen LogP contribution is -2.43. The average molecular weight is 506 g/mol. The van der Waals surface area contributed by atoms with E-state index in [1.54, 1.807) is 25.1 Å². The SMILES string of the molecule is Cc1ccc(/C=C/C2OCC(S[C@H](C)C(O)(Cn3cncn3)c3ccc(F)cc3F)CO2)c(F)c1. The highest BCUT2D eigenvalue weighted by Crippen LogP contribution is 2.38. The molecule has 35 heavy (non-hydrogen) atoms. The van der Waals surface area contributed by atoms with Crippen LogP contribution in [0.25, 0.3) is 6.08 Å². The molecule has 0 bridgehead atoms. The minimum Gasteiger partial charge on any atom is -0.382 e. The molecule has 0 saturated carbocycles. The number of halogens is 3. The summed E-state index contributed by atoms with van der Waals surface area (Å²) in [4.78, 5) is 3.88. The van der Waals surface area contributed by atoms with E-state index in [9.17, 15) is 18.3 Å². The molecule has 186 valence electrons. The van der Waals surface area contributed by atoms with Crippen LogP contribution in [0, 0.1) is 24.4 Å². The molecule has 0 radical (unpaired) electrons. The van der Waals surface area contributed by atoms with Crippen molar-refractivity contribution in [2.75, 3.05) is 13.2 Å². The van der Waals surface area contributed by atoms with Gasteiger partial charge in [-0.05, 0) is 30.7 Å². The molecule has 10 heteroatoms. The van der Waals surface area contributed by atoms with E-state index in [0.29, 0.717) is 18.8 Å². The van der Waals surface area contributed by atoms with Crippen LogP contribution in [0.4, 0.5) is 13.2 Å². The third-order valence-electron chi connectivity index (χ3n) is 5.82. The van der Waals surface area contributed by atoms with E-state index in [1.165, 1.54) is 41.2 Å². The van der Waals surface area contributed by atoms with Gasteiger partial charge in [-0.15, -0.1) is 11.8 Å². The molecule has 0 amide bonds. The minimum absolute atomic E-state index is 0.0343. The van der Waals surface area contributed by atoms with Crippen molar-refractivity contribution in [1.82, 2.24) is 14.8 Å². The Morgan fingerprint density at radius 2 is 1.94 bits per heavy atom. The van der Waals surface area contributed by atoms with Crippen LogP contribution in [0.2, 0.25) is 0 Å². The van der Waals surface area contributed by atoms with Crippen LogP contribution in [0.3, 0.4) is 0 Å². The zero-order chi connectivity index (χ0) is 25.0. The lowest BCUT2D eigenvalue weighted by Gasteiger charge is -2.37. The van der Waals surface area contributed by atoms with Crippen molar-refractivity contribution in [2.24, 2.45) is 0 Å². The predicted octanol–water partition coefficient (Wildman–Crippen LogP) is 4.47. The summed E-state index contributed by atoms with van der Waals surface area (Å²) < 4.78 is 55.2. The molecule has 1 N–H and O–H groups in total. The van der Waals surface area contributed by atoms with E-state index in [4.69, 9.17) is 9.47 Å². The highest BCUT2D eigenvalue weighted by molar-refractivity contribution is 8.00. The Morgan fingerprint density at radius 1 is 1.17 bits per heavy atom. The molecule has 0 aliphatic carbocycles. The van der Waals surface area contributed by atoms with Crippen LogP contribution in [-0.4, -0.2) is 49.9 Å². The highest BCUT2D eigenvalue weighted by atomic mass is 32.2. The van der Waals surface area contributed by atoms with Gasteiger partial charge in [0, 0.05) is 22.4 Å². The molecule has 1 saturated heterocycles. The number of hydrogen-bond acceptors (Lipinski definition) is 6. The van der Waals surface area contributed by atoms with Crippen LogP contribution in [0.15, 0.2) is 55.1 Å². The number of aryl methyl sites for hydroxylation is 1. The number of ether oxygens (including phenoxy) is 2. The molecule has 6 nitrogen and oxygen atoms in total. The van der Waals surface area contributed by atoms with Crippen LogP contribution < -0.4 is 0 Å². The predicted molar refractivity (Wildman–Crippen MR) is 127 cm³/mol. The number of nitrogens with zero attached hydrogens (tertiary/aromatic N) is 3. The average Bonchev–Trinajstić information content (AvgIpc) is 3.32. The quantitative estimate of drug-likeness (QED) is 0.487. The fourth-order valence-corrected chi connectivity index (χ4v) is 5.19. The first-order valence-corrected chi connectivity index (χ1v) is 12.0. The Balaban J connectivity index is 1.42. The van der Waals surface area contributed by atoms with Crippen molar-refractivity contribution in [1.29, 1.82) is 0 Å². The van der Waals surface area contributed by atoms with Gasteiger partial charge in [0.2, 0.25) is 0 Å². The smallest absolute Gasteiger partial charge is 0.177 e. The summed E-state index contributed by atoms with van der Waals surface area (Å²) in [7, 11) is 0. The highest BCUT2D eigenvalue weighted by Gasteiger charge is 2.41. The number of rotatable bonds is 8. The van der Waals surface area contributed by atoms with Crippen molar-refractivity contribution < 1.29 is 27.8 Å². The second kappa shape index (κ2) is 10.9. The Bertz CT molecular complexity index is 1170. The summed E-state index contributed by atoms with van der Waals surface area (Å²) in [5, 5.41) is 15.0. The Labute approximate surface area is 205 Å². The van der Waals surface area contributed by atoms with E-state index in [-0.39, 0.29) is 23.2 Å². The first-order valence-electron chi connectivity index (χ1n) is 11.1. The fourth-order valence-electron chi connectivity index (χ4n) is 3.88. The summed E-state index contributed by atoms with van der Waals surface area (Å²) in [5.41, 5.74) is -0.473. The zero-order valence-corrected chi connectivity index (χ0v) is 20.1. The molecular weight excluding hydrogens is 479 g/mol. The maximum atomic E-state index is 14.7. The number of benzene rings is 2. The summed E-state index contributed by atoms with van der Waals surface area (Å²) in [6, 6.07) is 8.08. The second-order valence-electron chi connectivity index (χ2n) is 8.46. The van der Waals surface area contributed by atoms with Gasteiger partial charge in [0.05, 0.1) is 25.0 Å². The maximum absolute atomic E-state index is 14.7. The van der Waals surface area contributed by atoms with Crippen LogP contribution in [0.1, 0.15) is 23.6 Å². The molecule has 1 aliphatic heterocycles. The minimum atomic E-state index is -1.71. The molecular formula is C25H26F3N3O3S. The van der Waals surface area contributed by atoms with Gasteiger partial charge < -0.3 is 14.6 Å². The largest absolute Gasteiger partial charge is 0.382 e. The van der Waals surface area contributed by atoms with Gasteiger partial charge in [0.15, 0.2) is 6.29 Å². The van der Waals surface area contributed by atoms with E-state index in [2.05, 4.69) is 10.1 Å². The normalized spacial score (nSPS) is 21.2. The number of hydrogen-bond donors (Lipinski definition) is 1. The number of aliphatic hydroxyl groups is 1. The van der Waals surface area contributed by atoms with Gasteiger partial charge in [0.25, 0.3) is 0 Å². The van der Waals surface area contributed by atoms with Gasteiger partial charge >= 0.3 is 0 Å². The lowest BCUT2D eigenvalue weighted by molar-refractivity contribution is -0.146. The summed E-state index contributed by atoms with van der Waals surface area (Å²) in [6.07, 6.45) is 5.37. The van der Waals surface area contributed by atoms with Crippen molar-refractivity contribution >= 4 is 17.8 Å². The third kappa shape index (κ3) is 6.13. The molecule has 2 heterocycles. The molecule has 1 aromatic heterocycles. The fraction of sp³-hybridized carbons (Fsp3) is 0.360. The Kier molecular flexibility index (Phi) is 7.95. The topological polar surface area (TPSA) is 69.4 Å². The third-order valence-corrected chi connectivity index (χ3v) is 7.27. The number of thioether (sulfide) groups is 1. The van der Waals surface area contributed by atoms with Crippen molar-refractivity contribution in [3.63, 3.8) is 0 Å². The summed E-state index contributed by atoms with van der Waals surface area (Å²) >= 11 is 1.37. The molecule has 3 aromatic rings. The van der Waals surface area contributed by atoms with Gasteiger partial charge in [-0.3, -0.25) is 0 Å². The number of aromatic nitrogens is 3. The molecule has 1 aliphatic rings. The van der Waals surface area contributed by atoms with Gasteiger partial charge in [-0.25, -0.2) is 22.8 Å². The summed E-state index contributed by atoms with van der Waals surface area (Å²) in [5.74, 6) is -1.89. The Hall–Kier alpha value is -2.66. The van der Waals surface area contributed by atoms with E-state index >= 15 is 0 Å². The van der Waals surface area contributed by atoms with Gasteiger partial charge in [-0.2, -0.15) is 5.10 Å². The summed E-state index contributed by atoms with van der Waals surface area (Å²) in [6.45, 7) is 4.12. The van der Waals surface area contributed by atoms with Crippen LogP contribution in [-0.2, 0) is 21.6 Å². The molecule has 1 fully saturated rings. The first kappa shape index (κ1) is 25.4. The first-order chi connectivity index (χ1) is 16.7. The lowest BCUT2D eigenvalue weighted by atomic mass is 9.90. The van der Waals surface area contributed by atoms with Gasteiger partial charge in [-0.1, -0.05) is 31.2 Å². The molecule has 1 unspecified atom stereocenters. The van der Waals surface area contributed by atoms with E-state index in [0.717, 1.165) is 17.7 Å². The van der Waals surface area contributed by atoms with Gasteiger partial charge in [0.1, 0.15) is 35.7 Å².